The van der Waals surface area contributed by atoms with Crippen LogP contribution in [0.5, 0.6) is 0 Å². The molecule has 1 N–H and O–H groups in total. The second kappa shape index (κ2) is 7.53. The number of amides is 1. The highest BCUT2D eigenvalue weighted by molar-refractivity contribution is 7.07. The zero-order valence-corrected chi connectivity index (χ0v) is 12.4. The maximum atomic E-state index is 12.1. The van der Waals surface area contributed by atoms with Gasteiger partial charge < -0.3 is 10.0 Å². The van der Waals surface area contributed by atoms with Crippen LogP contribution in [-0.2, 0) is 6.54 Å². The van der Waals surface area contributed by atoms with E-state index in [-0.39, 0.29) is 12.5 Å². The number of aliphatic hydroxyl groups excluding tert-OH is 1. The molecule has 1 amide bonds. The molecule has 0 spiro atoms. The lowest BCUT2D eigenvalue weighted by atomic mass is 10.1. The highest BCUT2D eigenvalue weighted by Crippen LogP contribution is 2.10. The number of carbonyl (C=O) groups excluding carboxylic acids is 1. The first-order valence-electron chi connectivity index (χ1n) is 6.42. The Morgan fingerprint density at radius 2 is 2.14 bits per heavy atom. The predicted molar refractivity (Wildman–Crippen MR) is 80.7 cm³/mol. The number of aliphatic hydroxyl groups is 1. The van der Waals surface area contributed by atoms with Gasteiger partial charge in [-0.05, 0) is 29.2 Å². The van der Waals surface area contributed by atoms with E-state index < -0.39 is 0 Å². The molecular weight excluding hydrogens is 286 g/mol. The molecule has 0 atom stereocenters. The first-order chi connectivity index (χ1) is 10.2. The fraction of sp³-hybridized carbons (Fsp3) is 0.267. The zero-order valence-electron chi connectivity index (χ0n) is 11.6. The van der Waals surface area contributed by atoms with Gasteiger partial charge in [-0.3, -0.25) is 4.79 Å². The number of aromatic nitrogens is 2. The number of hydrogen-bond donors (Lipinski definition) is 1. The summed E-state index contributed by atoms with van der Waals surface area (Å²) in [5.74, 6) is 5.75. The van der Waals surface area contributed by atoms with Gasteiger partial charge in [0.2, 0.25) is 0 Å². The van der Waals surface area contributed by atoms with Crippen molar-refractivity contribution in [1.29, 1.82) is 0 Å². The van der Waals surface area contributed by atoms with E-state index in [2.05, 4.69) is 21.4 Å². The van der Waals surface area contributed by atoms with E-state index in [0.29, 0.717) is 17.8 Å². The number of hydrogen-bond acceptors (Lipinski definition) is 5. The van der Waals surface area contributed by atoms with Gasteiger partial charge in [0, 0.05) is 25.6 Å². The minimum absolute atomic E-state index is 0.0738. The minimum atomic E-state index is -0.0863. The van der Waals surface area contributed by atoms with Gasteiger partial charge in [-0.2, -0.15) is 0 Å². The van der Waals surface area contributed by atoms with Crippen LogP contribution in [0.3, 0.4) is 0 Å². The number of rotatable bonds is 4. The molecular formula is C15H15N3O2S. The average molecular weight is 301 g/mol. The van der Waals surface area contributed by atoms with Gasteiger partial charge in [0.1, 0.15) is 4.88 Å². The topological polar surface area (TPSA) is 66.3 Å². The largest absolute Gasteiger partial charge is 0.395 e. The van der Waals surface area contributed by atoms with E-state index in [1.54, 1.807) is 11.9 Å². The van der Waals surface area contributed by atoms with Crippen LogP contribution in [-0.4, -0.2) is 39.2 Å². The average Bonchev–Trinajstić information content (AvgIpc) is 3.02. The Bertz CT molecular complexity index is 642. The number of nitrogens with zero attached hydrogens (tertiary/aromatic N) is 3. The summed E-state index contributed by atoms with van der Waals surface area (Å²) in [6.45, 7) is 0.589. The van der Waals surface area contributed by atoms with Crippen LogP contribution >= 0.6 is 11.5 Å². The molecule has 1 heterocycles. The van der Waals surface area contributed by atoms with Gasteiger partial charge in [0.25, 0.3) is 5.91 Å². The fourth-order valence-electron chi connectivity index (χ4n) is 1.71. The highest BCUT2D eigenvalue weighted by atomic mass is 32.1. The second-order valence-corrected chi connectivity index (χ2v) is 5.20. The third kappa shape index (κ3) is 4.38. The number of carbonyl (C=O) groups is 1. The van der Waals surface area contributed by atoms with E-state index >= 15 is 0 Å². The Morgan fingerprint density at radius 3 is 2.76 bits per heavy atom. The molecule has 0 aliphatic rings. The smallest absolute Gasteiger partial charge is 0.267 e. The maximum absolute atomic E-state index is 12.1. The van der Waals surface area contributed by atoms with Crippen molar-refractivity contribution in [3.05, 3.63) is 46.5 Å². The van der Waals surface area contributed by atoms with Crippen molar-refractivity contribution in [2.75, 3.05) is 13.7 Å². The van der Waals surface area contributed by atoms with Crippen molar-refractivity contribution in [3.63, 3.8) is 0 Å². The second-order valence-electron chi connectivity index (χ2n) is 4.42. The van der Waals surface area contributed by atoms with Crippen LogP contribution in [0.2, 0.25) is 0 Å². The predicted octanol–water partition coefficient (Wildman–Crippen LogP) is 1.54. The van der Waals surface area contributed by atoms with Crippen molar-refractivity contribution in [2.24, 2.45) is 0 Å². The van der Waals surface area contributed by atoms with Gasteiger partial charge in [0.05, 0.1) is 12.8 Å². The summed E-state index contributed by atoms with van der Waals surface area (Å²) >= 11 is 1.09. The maximum Gasteiger partial charge on any atom is 0.267 e. The molecule has 0 saturated heterocycles. The summed E-state index contributed by atoms with van der Waals surface area (Å²) in [5, 5.41) is 12.3. The first-order valence-corrected chi connectivity index (χ1v) is 7.19. The van der Waals surface area contributed by atoms with Crippen molar-refractivity contribution in [3.8, 4) is 11.8 Å². The molecule has 2 aromatic rings. The zero-order chi connectivity index (χ0) is 15.1. The van der Waals surface area contributed by atoms with E-state index in [1.165, 1.54) is 6.20 Å². The van der Waals surface area contributed by atoms with E-state index in [1.807, 2.05) is 24.3 Å². The van der Waals surface area contributed by atoms with Crippen molar-refractivity contribution in [2.45, 2.75) is 13.0 Å². The van der Waals surface area contributed by atoms with Gasteiger partial charge in [-0.25, -0.2) is 0 Å². The van der Waals surface area contributed by atoms with Gasteiger partial charge in [0.15, 0.2) is 0 Å². The van der Waals surface area contributed by atoms with Crippen LogP contribution in [0.4, 0.5) is 0 Å². The molecule has 0 radical (unpaired) electrons. The molecule has 21 heavy (non-hydrogen) atoms. The molecule has 6 heteroatoms. The molecule has 1 aromatic heterocycles. The summed E-state index contributed by atoms with van der Waals surface area (Å²) in [7, 11) is 1.75. The quantitative estimate of drug-likeness (QED) is 0.870. The third-order valence-corrected chi connectivity index (χ3v) is 3.41. The Hall–Kier alpha value is -2.23. The summed E-state index contributed by atoms with van der Waals surface area (Å²) in [4.78, 5) is 14.2. The molecule has 0 aliphatic carbocycles. The molecule has 1 aromatic carbocycles. The molecule has 108 valence electrons. The van der Waals surface area contributed by atoms with E-state index in [4.69, 9.17) is 5.11 Å². The van der Waals surface area contributed by atoms with Gasteiger partial charge in [-0.15, -0.1) is 5.10 Å². The van der Waals surface area contributed by atoms with Crippen LogP contribution in [0.1, 0.15) is 27.2 Å². The van der Waals surface area contributed by atoms with E-state index in [9.17, 15) is 4.79 Å². The summed E-state index contributed by atoms with van der Waals surface area (Å²) in [6, 6.07) is 7.70. The normalized spacial score (nSPS) is 9.81. The molecule has 2 rings (SSSR count). The summed E-state index contributed by atoms with van der Waals surface area (Å²) in [5.41, 5.74) is 1.92. The lowest BCUT2D eigenvalue weighted by molar-refractivity contribution is 0.0789. The molecule has 0 saturated carbocycles. The number of benzene rings is 1. The summed E-state index contributed by atoms with van der Waals surface area (Å²) < 4.78 is 3.69. The first kappa shape index (κ1) is 15.2. The monoisotopic (exact) mass is 301 g/mol. The van der Waals surface area contributed by atoms with Crippen LogP contribution < -0.4 is 0 Å². The highest BCUT2D eigenvalue weighted by Gasteiger charge is 2.14. The minimum Gasteiger partial charge on any atom is -0.395 e. The fourth-order valence-corrected chi connectivity index (χ4v) is 2.22. The Labute approximate surface area is 127 Å². The molecule has 0 aliphatic heterocycles. The van der Waals surface area contributed by atoms with Crippen molar-refractivity contribution >= 4 is 17.4 Å². The molecule has 5 nitrogen and oxygen atoms in total. The van der Waals surface area contributed by atoms with Gasteiger partial charge >= 0.3 is 0 Å². The SMILES string of the molecule is CN(Cc1ccc(C#CCCO)cc1)C(=O)c1cnns1. The van der Waals surface area contributed by atoms with Gasteiger partial charge in [-0.1, -0.05) is 28.5 Å². The third-order valence-electron chi connectivity index (χ3n) is 2.76. The van der Waals surface area contributed by atoms with Crippen molar-refractivity contribution < 1.29 is 9.90 Å². The van der Waals surface area contributed by atoms with Crippen LogP contribution in [0.15, 0.2) is 30.5 Å². The Kier molecular flexibility index (Phi) is 5.43. The Morgan fingerprint density at radius 1 is 1.38 bits per heavy atom. The van der Waals surface area contributed by atoms with Crippen LogP contribution in [0, 0.1) is 11.8 Å². The van der Waals surface area contributed by atoms with Crippen LogP contribution in [0.25, 0.3) is 0 Å². The molecule has 0 fully saturated rings. The summed E-state index contributed by atoms with van der Waals surface area (Å²) in [6.07, 6.45) is 1.95. The lowest BCUT2D eigenvalue weighted by Crippen LogP contribution is -2.25. The Balaban J connectivity index is 1.97. The molecule has 0 unspecified atom stereocenters. The van der Waals surface area contributed by atoms with Crippen molar-refractivity contribution in [1.82, 2.24) is 14.5 Å². The standard InChI is InChI=1S/C15H15N3O2S/c1-18(15(20)14-10-16-17-21-14)11-13-7-5-12(6-8-13)4-2-3-9-19/h5-8,10,19H,3,9,11H2,1H3. The molecule has 0 bridgehead atoms. The lowest BCUT2D eigenvalue weighted by Gasteiger charge is -2.15. The van der Waals surface area contributed by atoms with E-state index in [0.717, 1.165) is 22.7 Å².